The van der Waals surface area contributed by atoms with E-state index in [0.717, 1.165) is 6.08 Å². The van der Waals surface area contributed by atoms with Crippen molar-refractivity contribution >= 4 is 42.1 Å². The molecule has 276 valence electrons. The Balaban J connectivity index is 2.02. The number of methoxy groups -OCH3 is 2. The van der Waals surface area contributed by atoms with Gasteiger partial charge in [0, 0.05) is 6.08 Å². The van der Waals surface area contributed by atoms with Gasteiger partial charge in [0.05, 0.1) is 14.2 Å². The number of amides is 2. The summed E-state index contributed by atoms with van der Waals surface area (Å²) in [5, 5.41) is 15.1. The molecule has 2 amide bonds. The summed E-state index contributed by atoms with van der Waals surface area (Å²) >= 11 is 0. The Labute approximate surface area is 297 Å². The molecule has 0 aliphatic heterocycles. The highest BCUT2D eigenvalue weighted by atomic mass is 16.6. The number of carbonyl (C=O) groups is 5. The minimum absolute atomic E-state index is 0.0964. The maximum atomic E-state index is 12.5. The summed E-state index contributed by atoms with van der Waals surface area (Å²) in [6.45, 7) is 13.1. The summed E-state index contributed by atoms with van der Waals surface area (Å²) < 4.78 is 31.7. The van der Waals surface area contributed by atoms with Crippen molar-refractivity contribution in [1.82, 2.24) is 10.6 Å². The number of esters is 2. The number of hydrogen-bond donors (Lipinski definition) is 3. The lowest BCUT2D eigenvalue weighted by Crippen LogP contribution is -2.43. The predicted octanol–water partition coefficient (Wildman–Crippen LogP) is 6.08. The topological polar surface area (TPSA) is 185 Å². The molecule has 14 nitrogen and oxygen atoms in total. The predicted molar refractivity (Wildman–Crippen MR) is 189 cm³/mol. The number of allylic oxidation sites excluding steroid dienone is 3. The first-order chi connectivity index (χ1) is 23.7. The first kappa shape index (κ1) is 41.4. The molecule has 0 aromatic heterocycles. The molecule has 14 heteroatoms. The molecule has 0 saturated carbocycles. The van der Waals surface area contributed by atoms with Crippen molar-refractivity contribution in [2.75, 3.05) is 14.2 Å². The largest absolute Gasteiger partial charge is 0.508 e. The van der Waals surface area contributed by atoms with Gasteiger partial charge in [-0.25, -0.2) is 19.2 Å². The van der Waals surface area contributed by atoms with Gasteiger partial charge in [-0.1, -0.05) is 24.3 Å². The smallest absolute Gasteiger partial charge is 0.408 e. The van der Waals surface area contributed by atoms with Crippen molar-refractivity contribution in [2.24, 2.45) is 0 Å². The minimum atomic E-state index is -1.01. The van der Waals surface area contributed by atoms with Crippen LogP contribution in [0.3, 0.4) is 0 Å². The maximum Gasteiger partial charge on any atom is 0.408 e. The summed E-state index contributed by atoms with van der Waals surface area (Å²) in [6.07, 6.45) is 4.98. The monoisotopic (exact) mass is 710 g/mol. The Morgan fingerprint density at radius 2 is 1.04 bits per heavy atom. The molecule has 51 heavy (non-hydrogen) atoms. The van der Waals surface area contributed by atoms with Gasteiger partial charge in [0.25, 0.3) is 0 Å². The van der Waals surface area contributed by atoms with Crippen LogP contribution < -0.4 is 29.6 Å². The lowest BCUT2D eigenvalue weighted by molar-refractivity contribution is -0.137. The standard InChI is InChI=1S/C37H46N2O12/c1-22(38-34(44)50-36(3,4)5)32(42)48-28-17-13-24(19-30(28)46-9)11-15-26(40)21-27(41)16-12-25-14-18-29(31(20-25)47-10)49-33(43)23(2)39-35(45)51-37(6,7)8/h11-23,40H,1-10H3,(H,38,44)(H,39,45)/b15-11+,16-12+,26-21?. The first-order valence-electron chi connectivity index (χ1n) is 15.8. The third-order valence-electron chi connectivity index (χ3n) is 6.15. The molecule has 2 aromatic rings. The normalized spacial score (nSPS) is 13.2. The molecule has 3 N–H and O–H groups in total. The molecular weight excluding hydrogens is 664 g/mol. The van der Waals surface area contributed by atoms with E-state index in [4.69, 9.17) is 28.4 Å². The number of aliphatic hydroxyl groups is 1. The molecule has 0 aliphatic carbocycles. The molecule has 0 bridgehead atoms. The van der Waals surface area contributed by atoms with Crippen molar-refractivity contribution in [1.29, 1.82) is 0 Å². The highest BCUT2D eigenvalue weighted by molar-refractivity contribution is 6.02. The lowest BCUT2D eigenvalue weighted by atomic mass is 10.1. The number of carbonyl (C=O) groups excluding carboxylic acids is 5. The molecule has 2 atom stereocenters. The number of benzene rings is 2. The van der Waals surface area contributed by atoms with E-state index in [2.05, 4.69) is 10.6 Å². The van der Waals surface area contributed by atoms with Gasteiger partial charge in [-0.15, -0.1) is 0 Å². The van der Waals surface area contributed by atoms with E-state index in [1.807, 2.05) is 0 Å². The number of aliphatic hydroxyl groups excluding tert-OH is 1. The third kappa shape index (κ3) is 15.1. The van der Waals surface area contributed by atoms with Crippen LogP contribution >= 0.6 is 0 Å². The second kappa shape index (κ2) is 18.3. The highest BCUT2D eigenvalue weighted by Crippen LogP contribution is 2.30. The summed E-state index contributed by atoms with van der Waals surface area (Å²) in [5.74, 6) is -1.75. The Kier molecular flexibility index (Phi) is 14.8. The molecule has 2 rings (SSSR count). The fourth-order valence-corrected chi connectivity index (χ4v) is 3.83. The Hall–Kier alpha value is -5.79. The average Bonchev–Trinajstić information content (AvgIpc) is 3.01. The van der Waals surface area contributed by atoms with Gasteiger partial charge in [-0.2, -0.15) is 0 Å². The molecule has 0 spiro atoms. The first-order valence-corrected chi connectivity index (χ1v) is 15.8. The van der Waals surface area contributed by atoms with Crippen LogP contribution in [0, 0.1) is 0 Å². The molecule has 0 fully saturated rings. The second-order valence-electron chi connectivity index (χ2n) is 13.0. The lowest BCUT2D eigenvalue weighted by Gasteiger charge is -2.21. The van der Waals surface area contributed by atoms with E-state index in [9.17, 15) is 29.1 Å². The van der Waals surface area contributed by atoms with Crippen LogP contribution in [0.2, 0.25) is 0 Å². The molecule has 0 radical (unpaired) electrons. The van der Waals surface area contributed by atoms with E-state index in [1.54, 1.807) is 59.7 Å². The van der Waals surface area contributed by atoms with Crippen LogP contribution in [-0.4, -0.2) is 72.5 Å². The van der Waals surface area contributed by atoms with Crippen LogP contribution in [0.5, 0.6) is 23.0 Å². The van der Waals surface area contributed by atoms with Crippen molar-refractivity contribution in [2.45, 2.75) is 78.7 Å². The van der Waals surface area contributed by atoms with E-state index in [1.165, 1.54) is 70.6 Å². The van der Waals surface area contributed by atoms with Crippen molar-refractivity contribution in [3.05, 3.63) is 71.5 Å². The number of hydrogen-bond acceptors (Lipinski definition) is 12. The van der Waals surface area contributed by atoms with Crippen LogP contribution in [0.25, 0.3) is 12.2 Å². The Bertz CT molecular complexity index is 1680. The second-order valence-corrected chi connectivity index (χ2v) is 13.0. The quantitative estimate of drug-likeness (QED) is 0.0717. The van der Waals surface area contributed by atoms with Crippen LogP contribution in [-0.2, 0) is 23.9 Å². The number of ether oxygens (including phenoxy) is 6. The summed E-state index contributed by atoms with van der Waals surface area (Å²) in [6, 6.07) is 7.19. The molecular formula is C37H46N2O12. The van der Waals surface area contributed by atoms with E-state index < -0.39 is 53.2 Å². The van der Waals surface area contributed by atoms with Gasteiger partial charge in [-0.3, -0.25) is 4.79 Å². The average molecular weight is 711 g/mol. The zero-order valence-electron chi connectivity index (χ0n) is 30.4. The van der Waals surface area contributed by atoms with Gasteiger partial charge in [0.2, 0.25) is 0 Å². The summed E-state index contributed by atoms with van der Waals surface area (Å²) in [4.78, 5) is 61.5. The Morgan fingerprint density at radius 3 is 1.41 bits per heavy atom. The number of alkyl carbamates (subject to hydrolysis) is 2. The van der Waals surface area contributed by atoms with Crippen LogP contribution in [0.1, 0.15) is 66.5 Å². The molecule has 2 unspecified atom stereocenters. The summed E-state index contributed by atoms with van der Waals surface area (Å²) in [7, 11) is 2.76. The van der Waals surface area contributed by atoms with Gasteiger partial charge in [0.15, 0.2) is 28.8 Å². The Morgan fingerprint density at radius 1 is 0.647 bits per heavy atom. The molecule has 2 aromatic carbocycles. The van der Waals surface area contributed by atoms with E-state index >= 15 is 0 Å². The summed E-state index contributed by atoms with van der Waals surface area (Å²) in [5.41, 5.74) is -0.381. The van der Waals surface area contributed by atoms with Crippen LogP contribution in [0.4, 0.5) is 9.59 Å². The number of ketones is 1. The van der Waals surface area contributed by atoms with E-state index in [0.29, 0.717) is 11.1 Å². The zero-order valence-corrected chi connectivity index (χ0v) is 30.4. The maximum absolute atomic E-state index is 12.5. The van der Waals surface area contributed by atoms with Crippen molar-refractivity contribution in [3.63, 3.8) is 0 Å². The SMILES string of the molecule is COc1cc(/C=C/C(=O)C=C(O)/C=C/c2ccc(OC(=O)C(C)NC(=O)OC(C)(C)C)c(OC)c2)ccc1OC(=O)C(C)NC(=O)OC(C)(C)C. The van der Waals surface area contributed by atoms with Gasteiger partial charge < -0.3 is 44.2 Å². The van der Waals surface area contributed by atoms with Crippen LogP contribution in [0.15, 0.2) is 60.4 Å². The van der Waals surface area contributed by atoms with Gasteiger partial charge in [0.1, 0.15) is 29.0 Å². The third-order valence-corrected chi connectivity index (χ3v) is 6.15. The zero-order chi connectivity index (χ0) is 38.5. The number of rotatable bonds is 13. The molecule has 0 saturated heterocycles. The number of nitrogens with one attached hydrogen (secondary N) is 2. The van der Waals surface area contributed by atoms with Gasteiger partial charge in [-0.05, 0) is 103 Å². The molecule has 0 heterocycles. The van der Waals surface area contributed by atoms with Crippen molar-refractivity contribution < 1.29 is 57.5 Å². The molecule has 0 aliphatic rings. The minimum Gasteiger partial charge on any atom is -0.508 e. The fraction of sp³-hybridized carbons (Fsp3) is 0.378. The highest BCUT2D eigenvalue weighted by Gasteiger charge is 2.24. The fourth-order valence-electron chi connectivity index (χ4n) is 3.83. The van der Waals surface area contributed by atoms with Crippen molar-refractivity contribution in [3.8, 4) is 23.0 Å². The van der Waals surface area contributed by atoms with Gasteiger partial charge >= 0.3 is 24.1 Å². The van der Waals surface area contributed by atoms with E-state index in [-0.39, 0.29) is 28.8 Å².